The Hall–Kier alpha value is -0.980. The number of aromatic nitrogens is 2. The SMILES string of the molecule is CCSCc1cc(=O)[nH]c(SCc2c(F)cccc2Cl)n1. The van der Waals surface area contributed by atoms with E-state index in [1.165, 1.54) is 23.9 Å². The molecule has 0 aliphatic rings. The van der Waals surface area contributed by atoms with Gasteiger partial charge in [0.05, 0.1) is 5.69 Å². The molecule has 0 unspecified atom stereocenters. The second kappa shape index (κ2) is 7.87. The van der Waals surface area contributed by atoms with Crippen molar-refractivity contribution in [2.24, 2.45) is 0 Å². The Kier molecular flexibility index (Phi) is 6.14. The molecule has 0 fully saturated rings. The molecule has 0 spiro atoms. The first-order chi connectivity index (χ1) is 10.1. The highest BCUT2D eigenvalue weighted by atomic mass is 35.5. The van der Waals surface area contributed by atoms with E-state index in [-0.39, 0.29) is 11.4 Å². The third kappa shape index (κ3) is 4.76. The molecule has 2 aromatic rings. The lowest BCUT2D eigenvalue weighted by Gasteiger charge is -2.06. The molecule has 0 saturated heterocycles. The van der Waals surface area contributed by atoms with Crippen molar-refractivity contribution in [3.8, 4) is 0 Å². The van der Waals surface area contributed by atoms with Crippen molar-refractivity contribution in [2.45, 2.75) is 23.6 Å². The molecule has 1 aromatic heterocycles. The highest BCUT2D eigenvalue weighted by Crippen LogP contribution is 2.26. The lowest BCUT2D eigenvalue weighted by atomic mass is 10.2. The Bertz CT molecular complexity index is 658. The van der Waals surface area contributed by atoms with Crippen LogP contribution in [0, 0.1) is 5.82 Å². The fourth-order valence-electron chi connectivity index (χ4n) is 1.64. The van der Waals surface area contributed by atoms with Crippen LogP contribution in [0.15, 0.2) is 34.2 Å². The normalized spacial score (nSPS) is 10.8. The highest BCUT2D eigenvalue weighted by molar-refractivity contribution is 7.98. The molecule has 0 radical (unpaired) electrons. The molecule has 0 aliphatic carbocycles. The Labute approximate surface area is 135 Å². The van der Waals surface area contributed by atoms with Crippen LogP contribution >= 0.6 is 35.1 Å². The van der Waals surface area contributed by atoms with Gasteiger partial charge in [0.15, 0.2) is 5.16 Å². The summed E-state index contributed by atoms with van der Waals surface area (Å²) in [5.74, 6) is 1.62. The van der Waals surface area contributed by atoms with Crippen molar-refractivity contribution < 1.29 is 4.39 Å². The van der Waals surface area contributed by atoms with Gasteiger partial charge in [-0.25, -0.2) is 9.37 Å². The largest absolute Gasteiger partial charge is 0.301 e. The molecule has 0 bridgehead atoms. The summed E-state index contributed by atoms with van der Waals surface area (Å²) in [4.78, 5) is 18.6. The molecule has 1 aromatic carbocycles. The topological polar surface area (TPSA) is 45.8 Å². The van der Waals surface area contributed by atoms with Crippen LogP contribution < -0.4 is 5.56 Å². The summed E-state index contributed by atoms with van der Waals surface area (Å²) in [6.45, 7) is 2.05. The maximum atomic E-state index is 13.7. The highest BCUT2D eigenvalue weighted by Gasteiger charge is 2.09. The van der Waals surface area contributed by atoms with Crippen molar-refractivity contribution >= 4 is 35.1 Å². The maximum absolute atomic E-state index is 13.7. The van der Waals surface area contributed by atoms with Gasteiger partial charge in [0, 0.05) is 28.2 Å². The molecular formula is C14H14ClFN2OS2. The van der Waals surface area contributed by atoms with Gasteiger partial charge in [0.2, 0.25) is 0 Å². The lowest BCUT2D eigenvalue weighted by Crippen LogP contribution is -2.09. The van der Waals surface area contributed by atoms with Crippen LogP contribution in [-0.2, 0) is 11.5 Å². The van der Waals surface area contributed by atoms with E-state index in [1.807, 2.05) is 6.92 Å². The van der Waals surface area contributed by atoms with E-state index in [4.69, 9.17) is 11.6 Å². The van der Waals surface area contributed by atoms with Crippen molar-refractivity contribution in [3.63, 3.8) is 0 Å². The van der Waals surface area contributed by atoms with Crippen LogP contribution in [0.4, 0.5) is 4.39 Å². The van der Waals surface area contributed by atoms with Crippen LogP contribution in [0.1, 0.15) is 18.2 Å². The van der Waals surface area contributed by atoms with Crippen LogP contribution in [0.2, 0.25) is 5.02 Å². The summed E-state index contributed by atoms with van der Waals surface area (Å²) >= 11 is 8.93. The number of halogens is 2. The summed E-state index contributed by atoms with van der Waals surface area (Å²) in [6.07, 6.45) is 0. The van der Waals surface area contributed by atoms with Crippen LogP contribution in [0.3, 0.4) is 0 Å². The fraction of sp³-hybridized carbons (Fsp3) is 0.286. The van der Waals surface area contributed by atoms with Gasteiger partial charge < -0.3 is 4.98 Å². The smallest absolute Gasteiger partial charge is 0.251 e. The predicted octanol–water partition coefficient (Wildman–Crippen LogP) is 4.11. The molecule has 0 saturated carbocycles. The fourth-order valence-corrected chi connectivity index (χ4v) is 3.44. The first-order valence-electron chi connectivity index (χ1n) is 6.34. The number of nitrogens with zero attached hydrogens (tertiary/aromatic N) is 1. The molecule has 112 valence electrons. The monoisotopic (exact) mass is 344 g/mol. The quantitative estimate of drug-likeness (QED) is 0.632. The van der Waals surface area contributed by atoms with E-state index in [0.717, 1.165) is 11.4 Å². The third-order valence-electron chi connectivity index (χ3n) is 2.64. The minimum absolute atomic E-state index is 0.196. The van der Waals surface area contributed by atoms with E-state index in [0.29, 0.717) is 27.2 Å². The van der Waals surface area contributed by atoms with E-state index in [1.54, 1.807) is 23.9 Å². The summed E-state index contributed by atoms with van der Waals surface area (Å²) in [7, 11) is 0. The Balaban J connectivity index is 2.13. The summed E-state index contributed by atoms with van der Waals surface area (Å²) in [5.41, 5.74) is 0.951. The molecule has 0 amide bonds. The molecule has 21 heavy (non-hydrogen) atoms. The molecule has 0 aliphatic heterocycles. The van der Waals surface area contributed by atoms with Crippen molar-refractivity contribution in [1.29, 1.82) is 0 Å². The summed E-state index contributed by atoms with van der Waals surface area (Å²) in [6, 6.07) is 6.06. The minimum atomic E-state index is -0.352. The summed E-state index contributed by atoms with van der Waals surface area (Å²) < 4.78 is 13.7. The minimum Gasteiger partial charge on any atom is -0.301 e. The number of nitrogens with one attached hydrogen (secondary N) is 1. The Morgan fingerprint density at radius 3 is 2.90 bits per heavy atom. The van der Waals surface area contributed by atoms with Gasteiger partial charge in [0.1, 0.15) is 5.82 Å². The first-order valence-corrected chi connectivity index (χ1v) is 8.85. The van der Waals surface area contributed by atoms with Crippen molar-refractivity contribution in [2.75, 3.05) is 5.75 Å². The number of benzene rings is 1. The average molecular weight is 345 g/mol. The Morgan fingerprint density at radius 2 is 2.19 bits per heavy atom. The van der Waals surface area contributed by atoms with Gasteiger partial charge in [0.25, 0.3) is 5.56 Å². The van der Waals surface area contributed by atoms with Gasteiger partial charge in [-0.15, -0.1) is 0 Å². The number of rotatable bonds is 6. The summed E-state index contributed by atoms with van der Waals surface area (Å²) in [5, 5.41) is 0.857. The number of H-pyrrole nitrogens is 1. The number of thioether (sulfide) groups is 2. The first kappa shape index (κ1) is 16.4. The molecule has 1 N–H and O–H groups in total. The lowest BCUT2D eigenvalue weighted by molar-refractivity contribution is 0.617. The second-order valence-corrected chi connectivity index (χ2v) is 6.81. The van der Waals surface area contributed by atoms with E-state index >= 15 is 0 Å². The van der Waals surface area contributed by atoms with Gasteiger partial charge in [-0.1, -0.05) is 36.4 Å². The maximum Gasteiger partial charge on any atom is 0.251 e. The number of hydrogen-bond donors (Lipinski definition) is 1. The molecule has 0 atom stereocenters. The standard InChI is InChI=1S/C14H14ClFN2OS2/c1-2-20-7-9-6-13(19)18-14(17-9)21-8-10-11(15)4-3-5-12(10)16/h3-6H,2,7-8H2,1H3,(H,17,18,19). The van der Waals surface area contributed by atoms with Crippen LogP contribution in [-0.4, -0.2) is 15.7 Å². The van der Waals surface area contributed by atoms with E-state index in [9.17, 15) is 9.18 Å². The molecule has 2 rings (SSSR count). The van der Waals surface area contributed by atoms with Gasteiger partial charge in [-0.3, -0.25) is 4.79 Å². The molecular weight excluding hydrogens is 331 g/mol. The molecule has 1 heterocycles. The van der Waals surface area contributed by atoms with Crippen LogP contribution in [0.5, 0.6) is 0 Å². The van der Waals surface area contributed by atoms with E-state index < -0.39 is 0 Å². The van der Waals surface area contributed by atoms with Crippen molar-refractivity contribution in [1.82, 2.24) is 9.97 Å². The zero-order valence-electron chi connectivity index (χ0n) is 11.4. The predicted molar refractivity (Wildman–Crippen MR) is 87.7 cm³/mol. The number of aromatic amines is 1. The van der Waals surface area contributed by atoms with Gasteiger partial charge in [-0.2, -0.15) is 11.8 Å². The third-order valence-corrected chi connectivity index (χ3v) is 4.80. The molecule has 3 nitrogen and oxygen atoms in total. The Morgan fingerprint density at radius 1 is 1.38 bits per heavy atom. The zero-order valence-corrected chi connectivity index (χ0v) is 13.7. The zero-order chi connectivity index (χ0) is 15.2. The second-order valence-electron chi connectivity index (χ2n) is 4.17. The van der Waals surface area contributed by atoms with Gasteiger partial charge in [-0.05, 0) is 17.9 Å². The van der Waals surface area contributed by atoms with Crippen molar-refractivity contribution in [3.05, 3.63) is 56.7 Å². The number of hydrogen-bond acceptors (Lipinski definition) is 4. The van der Waals surface area contributed by atoms with Gasteiger partial charge >= 0.3 is 0 Å². The average Bonchev–Trinajstić information content (AvgIpc) is 2.44. The van der Waals surface area contributed by atoms with E-state index in [2.05, 4.69) is 9.97 Å². The van der Waals surface area contributed by atoms with Crippen LogP contribution in [0.25, 0.3) is 0 Å². The molecule has 7 heteroatoms.